The predicted octanol–water partition coefficient (Wildman–Crippen LogP) is 1.58. The van der Waals surface area contributed by atoms with E-state index >= 15 is 0 Å². The molecule has 1 aromatic rings. The van der Waals surface area contributed by atoms with Gasteiger partial charge in [0.25, 0.3) is 0 Å². The Morgan fingerprint density at radius 3 is 2.64 bits per heavy atom. The molecule has 80 valence electrons. The zero-order chi connectivity index (χ0) is 10.6. The van der Waals surface area contributed by atoms with Crippen molar-refractivity contribution in [2.45, 2.75) is 38.8 Å². The van der Waals surface area contributed by atoms with Gasteiger partial charge >= 0.3 is 0 Å². The molecule has 2 N–H and O–H groups in total. The summed E-state index contributed by atoms with van der Waals surface area (Å²) in [7, 11) is 1.63. The Morgan fingerprint density at radius 2 is 2.14 bits per heavy atom. The van der Waals surface area contributed by atoms with Crippen molar-refractivity contribution >= 4 is 0 Å². The quantitative estimate of drug-likeness (QED) is 0.779. The molecule has 0 aliphatic carbocycles. The molecule has 1 rings (SSSR count). The maximum Gasteiger partial charge on any atom is 0.243 e. The highest BCUT2D eigenvalue weighted by Crippen LogP contribution is 2.19. The number of ether oxygens (including phenoxy) is 1. The Balaban J connectivity index is 2.76. The van der Waals surface area contributed by atoms with Crippen molar-refractivity contribution in [3.63, 3.8) is 0 Å². The van der Waals surface area contributed by atoms with Crippen LogP contribution in [0.2, 0.25) is 0 Å². The van der Waals surface area contributed by atoms with E-state index in [2.05, 4.69) is 10.1 Å². The highest BCUT2D eigenvalue weighted by molar-refractivity contribution is 4.94. The molecule has 0 radical (unpaired) electrons. The molecule has 0 aliphatic rings. The van der Waals surface area contributed by atoms with E-state index in [9.17, 15) is 0 Å². The van der Waals surface area contributed by atoms with Crippen molar-refractivity contribution in [2.24, 2.45) is 5.73 Å². The van der Waals surface area contributed by atoms with Crippen LogP contribution in [0.4, 0.5) is 0 Å². The lowest BCUT2D eigenvalue weighted by atomic mass is 10.2. The van der Waals surface area contributed by atoms with Gasteiger partial charge in [0.2, 0.25) is 11.7 Å². The fourth-order valence-electron chi connectivity index (χ4n) is 1.16. The monoisotopic (exact) mass is 199 g/mol. The van der Waals surface area contributed by atoms with Gasteiger partial charge in [-0.05, 0) is 12.8 Å². The fourth-order valence-corrected chi connectivity index (χ4v) is 1.16. The Bertz CT molecular complexity index is 271. The van der Waals surface area contributed by atoms with Crippen molar-refractivity contribution in [3.05, 3.63) is 11.7 Å². The van der Waals surface area contributed by atoms with Crippen LogP contribution < -0.4 is 5.73 Å². The molecule has 14 heavy (non-hydrogen) atoms. The third-order valence-electron chi connectivity index (χ3n) is 2.16. The molecular weight excluding hydrogens is 182 g/mol. The zero-order valence-electron chi connectivity index (χ0n) is 8.86. The first-order valence-electron chi connectivity index (χ1n) is 4.84. The highest BCUT2D eigenvalue weighted by atomic mass is 16.5. The largest absolute Gasteiger partial charge is 0.373 e. The summed E-state index contributed by atoms with van der Waals surface area (Å²) >= 11 is 0. The van der Waals surface area contributed by atoms with E-state index in [0.29, 0.717) is 11.7 Å². The van der Waals surface area contributed by atoms with E-state index in [1.165, 1.54) is 0 Å². The van der Waals surface area contributed by atoms with Crippen LogP contribution in [0.5, 0.6) is 0 Å². The van der Waals surface area contributed by atoms with Crippen LogP contribution >= 0.6 is 0 Å². The van der Waals surface area contributed by atoms with E-state index in [1.54, 1.807) is 7.11 Å². The number of nitrogens with two attached hydrogens (primary N) is 1. The van der Waals surface area contributed by atoms with Gasteiger partial charge < -0.3 is 15.0 Å². The molecule has 0 saturated heterocycles. The van der Waals surface area contributed by atoms with Crippen LogP contribution in [-0.2, 0) is 4.74 Å². The van der Waals surface area contributed by atoms with Crippen LogP contribution in [0.15, 0.2) is 4.52 Å². The second-order valence-electron chi connectivity index (χ2n) is 3.14. The van der Waals surface area contributed by atoms with Gasteiger partial charge in [-0.15, -0.1) is 0 Å². The van der Waals surface area contributed by atoms with Crippen molar-refractivity contribution in [1.29, 1.82) is 0 Å². The van der Waals surface area contributed by atoms with E-state index in [0.717, 1.165) is 12.8 Å². The lowest BCUT2D eigenvalue weighted by molar-refractivity contribution is 0.0903. The molecular formula is C9H17N3O2. The van der Waals surface area contributed by atoms with Crippen LogP contribution in [0.1, 0.15) is 50.6 Å². The van der Waals surface area contributed by atoms with Crippen molar-refractivity contribution < 1.29 is 9.26 Å². The summed E-state index contributed by atoms with van der Waals surface area (Å²) in [4.78, 5) is 4.20. The van der Waals surface area contributed by atoms with E-state index in [1.807, 2.05) is 13.8 Å². The van der Waals surface area contributed by atoms with Crippen molar-refractivity contribution in [3.8, 4) is 0 Å². The number of rotatable bonds is 5. The number of nitrogens with zero attached hydrogens (tertiary/aromatic N) is 2. The molecule has 0 fully saturated rings. The van der Waals surface area contributed by atoms with E-state index in [-0.39, 0.29) is 12.1 Å². The Morgan fingerprint density at radius 1 is 1.43 bits per heavy atom. The predicted molar refractivity (Wildman–Crippen MR) is 51.6 cm³/mol. The van der Waals surface area contributed by atoms with Crippen LogP contribution in [0.25, 0.3) is 0 Å². The highest BCUT2D eigenvalue weighted by Gasteiger charge is 2.18. The van der Waals surface area contributed by atoms with Crippen molar-refractivity contribution in [1.82, 2.24) is 10.1 Å². The Labute approximate surface area is 83.6 Å². The van der Waals surface area contributed by atoms with Gasteiger partial charge in [0, 0.05) is 7.11 Å². The minimum absolute atomic E-state index is 0.100. The molecule has 5 nitrogen and oxygen atoms in total. The maximum atomic E-state index is 5.75. The van der Waals surface area contributed by atoms with Gasteiger partial charge in [-0.2, -0.15) is 4.98 Å². The molecule has 5 heteroatoms. The molecule has 1 unspecified atom stereocenters. The van der Waals surface area contributed by atoms with Gasteiger partial charge in [-0.1, -0.05) is 19.0 Å². The molecule has 2 atom stereocenters. The van der Waals surface area contributed by atoms with Crippen LogP contribution in [0.3, 0.4) is 0 Å². The third-order valence-corrected chi connectivity index (χ3v) is 2.16. The fraction of sp³-hybridized carbons (Fsp3) is 0.778. The molecule has 0 bridgehead atoms. The summed E-state index contributed by atoms with van der Waals surface area (Å²) in [6.07, 6.45) is 1.50. The van der Waals surface area contributed by atoms with Crippen LogP contribution in [-0.4, -0.2) is 17.3 Å². The van der Waals surface area contributed by atoms with Gasteiger partial charge in [0.05, 0.1) is 6.04 Å². The molecule has 0 spiro atoms. The maximum absolute atomic E-state index is 5.75. The topological polar surface area (TPSA) is 74.2 Å². The second kappa shape index (κ2) is 5.07. The summed E-state index contributed by atoms with van der Waals surface area (Å²) in [6.45, 7) is 3.98. The normalized spacial score (nSPS) is 15.4. The molecule has 0 amide bonds. The summed E-state index contributed by atoms with van der Waals surface area (Å²) in [5.41, 5.74) is 5.75. The number of hydrogen-bond donors (Lipinski definition) is 1. The summed E-state index contributed by atoms with van der Waals surface area (Å²) < 4.78 is 10.2. The standard InChI is InChI=1S/C9H17N3O2/c1-4-6(10)9-11-8(12-14-9)7(5-2)13-3/h6-7H,4-5,10H2,1-3H3/t6-,7?/m1/s1. The Hall–Kier alpha value is -0.940. The smallest absolute Gasteiger partial charge is 0.243 e. The molecule has 0 aliphatic heterocycles. The average molecular weight is 199 g/mol. The lowest BCUT2D eigenvalue weighted by Gasteiger charge is -2.06. The van der Waals surface area contributed by atoms with Crippen LogP contribution in [0, 0.1) is 0 Å². The minimum Gasteiger partial charge on any atom is -0.373 e. The van der Waals surface area contributed by atoms with E-state index < -0.39 is 0 Å². The first-order valence-corrected chi connectivity index (χ1v) is 4.84. The molecule has 1 aromatic heterocycles. The SMILES string of the molecule is CCC(OC)c1noc([C@H](N)CC)n1. The summed E-state index contributed by atoms with van der Waals surface area (Å²) in [5.74, 6) is 1.06. The van der Waals surface area contributed by atoms with Gasteiger partial charge in [0.15, 0.2) is 0 Å². The molecule has 1 heterocycles. The molecule has 0 aromatic carbocycles. The summed E-state index contributed by atoms with van der Waals surface area (Å²) in [6, 6.07) is -0.175. The van der Waals surface area contributed by atoms with E-state index in [4.69, 9.17) is 15.0 Å². The molecule has 0 saturated carbocycles. The third kappa shape index (κ3) is 2.30. The first kappa shape index (κ1) is 11.1. The number of hydrogen-bond acceptors (Lipinski definition) is 5. The van der Waals surface area contributed by atoms with Gasteiger partial charge in [-0.3, -0.25) is 0 Å². The number of methoxy groups -OCH3 is 1. The van der Waals surface area contributed by atoms with Crippen molar-refractivity contribution in [2.75, 3.05) is 7.11 Å². The Kier molecular flexibility index (Phi) is 4.03. The average Bonchev–Trinajstić information content (AvgIpc) is 2.68. The summed E-state index contributed by atoms with van der Waals surface area (Å²) in [5, 5.41) is 3.84. The minimum atomic E-state index is -0.175. The second-order valence-corrected chi connectivity index (χ2v) is 3.14. The van der Waals surface area contributed by atoms with Gasteiger partial charge in [0.1, 0.15) is 6.10 Å². The number of aromatic nitrogens is 2. The lowest BCUT2D eigenvalue weighted by Crippen LogP contribution is -2.09. The zero-order valence-corrected chi connectivity index (χ0v) is 8.86. The first-order chi connectivity index (χ1) is 6.72. The van der Waals surface area contributed by atoms with Gasteiger partial charge in [-0.25, -0.2) is 0 Å².